The summed E-state index contributed by atoms with van der Waals surface area (Å²) >= 11 is 3.51. The van der Waals surface area contributed by atoms with Crippen LogP contribution in [0.25, 0.3) is 0 Å². The molecule has 3 aromatic rings. The van der Waals surface area contributed by atoms with Gasteiger partial charge in [-0.15, -0.1) is 0 Å². The predicted molar refractivity (Wildman–Crippen MR) is 112 cm³/mol. The fraction of sp³-hybridized carbons (Fsp3) is 0.0870. The lowest BCUT2D eigenvalue weighted by atomic mass is 9.83. The normalized spacial score (nSPS) is 15.2. The number of nitriles is 1. The molecule has 0 radical (unpaired) electrons. The van der Waals surface area contributed by atoms with Gasteiger partial charge in [-0.05, 0) is 57.4 Å². The zero-order valence-electron chi connectivity index (χ0n) is 15.6. The molecule has 4 rings (SSSR count). The van der Waals surface area contributed by atoms with Crippen LogP contribution in [-0.2, 0) is 6.61 Å². The second kappa shape index (κ2) is 8.09. The van der Waals surface area contributed by atoms with E-state index in [-0.39, 0.29) is 29.6 Å². The van der Waals surface area contributed by atoms with Crippen LogP contribution in [0.15, 0.2) is 76.6 Å². The summed E-state index contributed by atoms with van der Waals surface area (Å²) in [5, 5.41) is 19.4. The Hall–Kier alpha value is -3.50. The summed E-state index contributed by atoms with van der Waals surface area (Å²) in [6.07, 6.45) is 0. The zero-order valence-corrected chi connectivity index (χ0v) is 17.2. The second-order valence-corrected chi connectivity index (χ2v) is 7.61. The van der Waals surface area contributed by atoms with Crippen molar-refractivity contribution in [2.75, 3.05) is 0 Å². The van der Waals surface area contributed by atoms with Crippen LogP contribution in [0.2, 0.25) is 0 Å². The fourth-order valence-corrected chi connectivity index (χ4v) is 3.90. The number of halogens is 2. The van der Waals surface area contributed by atoms with Gasteiger partial charge in [-0.1, -0.05) is 24.3 Å². The van der Waals surface area contributed by atoms with Gasteiger partial charge in [0.05, 0.1) is 10.4 Å². The van der Waals surface area contributed by atoms with Gasteiger partial charge in [-0.3, -0.25) is 0 Å². The van der Waals surface area contributed by atoms with Gasteiger partial charge in [0.25, 0.3) is 0 Å². The Morgan fingerprint density at radius 2 is 2.00 bits per heavy atom. The molecule has 0 saturated carbocycles. The molecule has 0 bridgehead atoms. The Bertz CT molecular complexity index is 1200. The quantitative estimate of drug-likeness (QED) is 0.558. The standard InChI is InChI=1S/C23H16BrFN2O3/c24-19-9-14(4-7-20(19)29-12-13-2-1-3-15(25)8-13)22-17-6-5-16(28)10-21(17)30-23(27)18(22)11-26/h1-10,22,28H,12,27H2/t22-/m1/s1. The van der Waals surface area contributed by atoms with E-state index in [4.69, 9.17) is 15.2 Å². The number of aromatic hydroxyl groups is 1. The molecule has 1 aliphatic heterocycles. The summed E-state index contributed by atoms with van der Waals surface area (Å²) in [5.41, 5.74) is 8.48. The lowest BCUT2D eigenvalue weighted by Crippen LogP contribution is -2.21. The van der Waals surface area contributed by atoms with Crippen LogP contribution in [0.5, 0.6) is 17.2 Å². The first-order valence-electron chi connectivity index (χ1n) is 9.03. The predicted octanol–water partition coefficient (Wildman–Crippen LogP) is 5.09. The van der Waals surface area contributed by atoms with Crippen LogP contribution in [0.1, 0.15) is 22.6 Å². The van der Waals surface area contributed by atoms with Gasteiger partial charge >= 0.3 is 0 Å². The van der Waals surface area contributed by atoms with E-state index in [1.165, 1.54) is 24.3 Å². The van der Waals surface area contributed by atoms with Crippen molar-refractivity contribution in [3.8, 4) is 23.3 Å². The van der Waals surface area contributed by atoms with Gasteiger partial charge in [0.2, 0.25) is 5.88 Å². The number of ether oxygens (including phenoxy) is 2. The maximum absolute atomic E-state index is 13.3. The number of rotatable bonds is 4. The van der Waals surface area contributed by atoms with E-state index in [1.807, 2.05) is 12.1 Å². The summed E-state index contributed by atoms with van der Waals surface area (Å²) in [5.74, 6) is 0.262. The molecule has 0 aromatic heterocycles. The number of fused-ring (bicyclic) bond motifs is 1. The first kappa shape index (κ1) is 19.8. The topological polar surface area (TPSA) is 88.5 Å². The number of phenols is 1. The van der Waals surface area contributed by atoms with E-state index in [2.05, 4.69) is 22.0 Å². The highest BCUT2D eigenvalue weighted by atomic mass is 79.9. The van der Waals surface area contributed by atoms with Gasteiger partial charge in [-0.25, -0.2) is 4.39 Å². The van der Waals surface area contributed by atoms with Crippen LogP contribution in [0.4, 0.5) is 4.39 Å². The molecule has 7 heteroatoms. The maximum atomic E-state index is 13.3. The van der Waals surface area contributed by atoms with Crippen molar-refractivity contribution in [3.63, 3.8) is 0 Å². The van der Waals surface area contributed by atoms with Gasteiger partial charge in [0.15, 0.2) is 0 Å². The first-order chi connectivity index (χ1) is 14.5. The zero-order chi connectivity index (χ0) is 21.3. The van der Waals surface area contributed by atoms with Crippen LogP contribution >= 0.6 is 15.9 Å². The summed E-state index contributed by atoms with van der Waals surface area (Å²) in [7, 11) is 0. The summed E-state index contributed by atoms with van der Waals surface area (Å²) in [4.78, 5) is 0. The minimum absolute atomic E-state index is 0.00292. The van der Waals surface area contributed by atoms with E-state index >= 15 is 0 Å². The molecule has 1 heterocycles. The van der Waals surface area contributed by atoms with E-state index < -0.39 is 5.92 Å². The molecule has 0 saturated heterocycles. The Labute approximate surface area is 180 Å². The number of nitrogens with zero attached hydrogens (tertiary/aromatic N) is 1. The number of benzene rings is 3. The number of hydrogen-bond acceptors (Lipinski definition) is 5. The summed E-state index contributed by atoms with van der Waals surface area (Å²) < 4.78 is 25.4. The molecule has 0 unspecified atom stereocenters. The lowest BCUT2D eigenvalue weighted by molar-refractivity contribution is 0.303. The molecule has 3 aromatic carbocycles. The van der Waals surface area contributed by atoms with Crippen LogP contribution in [0.3, 0.4) is 0 Å². The molecular formula is C23H16BrFN2O3. The van der Waals surface area contributed by atoms with E-state index in [9.17, 15) is 14.8 Å². The third kappa shape index (κ3) is 3.82. The lowest BCUT2D eigenvalue weighted by Gasteiger charge is -2.26. The molecule has 0 amide bonds. The molecule has 1 atom stereocenters. The Morgan fingerprint density at radius 1 is 1.17 bits per heavy atom. The molecule has 0 aliphatic carbocycles. The average Bonchev–Trinajstić information content (AvgIpc) is 2.71. The Balaban J connectivity index is 1.66. The molecule has 5 nitrogen and oxygen atoms in total. The number of hydrogen-bond donors (Lipinski definition) is 2. The minimum atomic E-state index is -0.451. The molecule has 30 heavy (non-hydrogen) atoms. The fourth-order valence-electron chi connectivity index (χ4n) is 3.39. The Kier molecular flexibility index (Phi) is 5.34. The Morgan fingerprint density at radius 3 is 2.73 bits per heavy atom. The van der Waals surface area contributed by atoms with Crippen molar-refractivity contribution in [3.05, 3.63) is 99.1 Å². The minimum Gasteiger partial charge on any atom is -0.508 e. The third-order valence-corrected chi connectivity index (χ3v) is 5.39. The van der Waals surface area contributed by atoms with Crippen molar-refractivity contribution in [1.29, 1.82) is 5.26 Å². The highest BCUT2D eigenvalue weighted by Crippen LogP contribution is 2.44. The highest BCUT2D eigenvalue weighted by molar-refractivity contribution is 9.10. The van der Waals surface area contributed by atoms with Gasteiger partial charge in [-0.2, -0.15) is 5.26 Å². The highest BCUT2D eigenvalue weighted by Gasteiger charge is 2.31. The van der Waals surface area contributed by atoms with E-state index in [0.717, 1.165) is 11.1 Å². The molecular weight excluding hydrogens is 451 g/mol. The second-order valence-electron chi connectivity index (χ2n) is 6.76. The van der Waals surface area contributed by atoms with Crippen molar-refractivity contribution in [2.24, 2.45) is 5.73 Å². The van der Waals surface area contributed by atoms with Crippen molar-refractivity contribution < 1.29 is 19.0 Å². The van der Waals surface area contributed by atoms with Gasteiger partial charge < -0.3 is 20.3 Å². The van der Waals surface area contributed by atoms with Gasteiger partial charge in [0, 0.05) is 11.6 Å². The van der Waals surface area contributed by atoms with E-state index in [0.29, 0.717) is 21.5 Å². The molecule has 0 fully saturated rings. The largest absolute Gasteiger partial charge is 0.508 e. The van der Waals surface area contributed by atoms with Gasteiger partial charge in [0.1, 0.15) is 41.3 Å². The molecule has 1 aliphatic rings. The van der Waals surface area contributed by atoms with E-state index in [1.54, 1.807) is 24.3 Å². The van der Waals surface area contributed by atoms with Crippen LogP contribution < -0.4 is 15.2 Å². The number of allylic oxidation sites excluding steroid dienone is 1. The monoisotopic (exact) mass is 466 g/mol. The SMILES string of the molecule is N#CC1=C(N)Oc2cc(O)ccc2[C@H]1c1ccc(OCc2cccc(F)c2)c(Br)c1. The van der Waals surface area contributed by atoms with Crippen molar-refractivity contribution in [2.45, 2.75) is 12.5 Å². The van der Waals surface area contributed by atoms with Crippen molar-refractivity contribution in [1.82, 2.24) is 0 Å². The van der Waals surface area contributed by atoms with Crippen molar-refractivity contribution >= 4 is 15.9 Å². The maximum Gasteiger partial charge on any atom is 0.205 e. The number of nitrogens with two attached hydrogens (primary N) is 1. The average molecular weight is 467 g/mol. The summed E-state index contributed by atoms with van der Waals surface area (Å²) in [6.45, 7) is 0.214. The molecule has 150 valence electrons. The molecule has 3 N–H and O–H groups in total. The van der Waals surface area contributed by atoms with Crippen LogP contribution in [0, 0.1) is 17.1 Å². The van der Waals surface area contributed by atoms with Crippen LogP contribution in [-0.4, -0.2) is 5.11 Å². The third-order valence-electron chi connectivity index (χ3n) is 4.78. The smallest absolute Gasteiger partial charge is 0.205 e. The summed E-state index contributed by atoms with van der Waals surface area (Å²) in [6, 6.07) is 18.5. The first-order valence-corrected chi connectivity index (χ1v) is 9.82. The number of phenolic OH excluding ortho intramolecular Hbond substituents is 1. The molecule has 0 spiro atoms.